The molecule has 3 nitrogen and oxygen atoms in total. The highest BCUT2D eigenvalue weighted by Crippen LogP contribution is 2.27. The zero-order valence-corrected chi connectivity index (χ0v) is 8.65. The number of nitrogens with one attached hydrogen (secondary N) is 1. The van der Waals surface area contributed by atoms with E-state index in [1.165, 1.54) is 24.4 Å². The first-order valence-electron chi connectivity index (χ1n) is 4.88. The molecule has 0 aliphatic rings. The first kappa shape index (κ1) is 11.3. The third kappa shape index (κ3) is 2.18. The minimum absolute atomic E-state index is 0.00332. The molecule has 1 aromatic heterocycles. The van der Waals surface area contributed by atoms with Crippen LogP contribution in [0, 0.1) is 0 Å². The van der Waals surface area contributed by atoms with E-state index >= 15 is 0 Å². The lowest BCUT2D eigenvalue weighted by Crippen LogP contribution is -1.98. The van der Waals surface area contributed by atoms with Crippen molar-refractivity contribution in [2.24, 2.45) is 0 Å². The first-order chi connectivity index (χ1) is 8.09. The van der Waals surface area contributed by atoms with Gasteiger partial charge in [-0.25, -0.2) is 13.6 Å². The molecule has 2 aromatic rings. The molecule has 0 unspecified atom stereocenters. The second-order valence-electron chi connectivity index (χ2n) is 3.50. The fourth-order valence-corrected chi connectivity index (χ4v) is 1.63. The van der Waals surface area contributed by atoms with Crippen molar-refractivity contribution >= 4 is 5.97 Å². The number of hydrogen-bond acceptors (Lipinski definition) is 1. The lowest BCUT2D eigenvalue weighted by Gasteiger charge is -2.04. The molecule has 0 fully saturated rings. The van der Waals surface area contributed by atoms with E-state index in [2.05, 4.69) is 4.98 Å². The van der Waals surface area contributed by atoms with Crippen LogP contribution in [-0.2, 0) is 0 Å². The van der Waals surface area contributed by atoms with E-state index in [9.17, 15) is 13.6 Å². The molecule has 0 spiro atoms. The molecular formula is C12H9F2NO2. The van der Waals surface area contributed by atoms with E-state index in [-0.39, 0.29) is 11.3 Å². The Bertz CT molecular complexity index is 549. The van der Waals surface area contributed by atoms with Crippen LogP contribution in [0.15, 0.2) is 36.5 Å². The van der Waals surface area contributed by atoms with E-state index in [4.69, 9.17) is 5.11 Å². The molecule has 1 heterocycles. The number of aromatic amines is 1. The van der Waals surface area contributed by atoms with Crippen molar-refractivity contribution in [2.45, 2.75) is 6.43 Å². The SMILES string of the molecule is O=C(O)c1[nH]ccc1-c1cccc(C(F)F)c1. The van der Waals surface area contributed by atoms with Gasteiger partial charge >= 0.3 is 5.97 Å². The van der Waals surface area contributed by atoms with Gasteiger partial charge in [0.05, 0.1) is 0 Å². The van der Waals surface area contributed by atoms with Crippen molar-refractivity contribution < 1.29 is 18.7 Å². The van der Waals surface area contributed by atoms with Crippen molar-refractivity contribution in [1.29, 1.82) is 0 Å². The maximum absolute atomic E-state index is 12.5. The second-order valence-corrected chi connectivity index (χ2v) is 3.50. The number of carboxylic acids is 1. The molecule has 17 heavy (non-hydrogen) atoms. The maximum atomic E-state index is 12.5. The Morgan fingerprint density at radius 2 is 2.06 bits per heavy atom. The molecule has 0 radical (unpaired) electrons. The van der Waals surface area contributed by atoms with Crippen LogP contribution in [0.2, 0.25) is 0 Å². The summed E-state index contributed by atoms with van der Waals surface area (Å²) in [6, 6.07) is 7.23. The van der Waals surface area contributed by atoms with Gasteiger partial charge in [0.1, 0.15) is 5.69 Å². The Kier molecular flexibility index (Phi) is 2.91. The third-order valence-electron chi connectivity index (χ3n) is 2.41. The summed E-state index contributed by atoms with van der Waals surface area (Å²) in [6.07, 6.45) is -1.10. The van der Waals surface area contributed by atoms with E-state index in [1.54, 1.807) is 12.1 Å². The molecule has 2 rings (SSSR count). The fraction of sp³-hybridized carbons (Fsp3) is 0.0833. The molecule has 0 atom stereocenters. The van der Waals surface area contributed by atoms with Gasteiger partial charge in [-0.15, -0.1) is 0 Å². The average molecular weight is 237 g/mol. The number of benzene rings is 1. The summed E-state index contributed by atoms with van der Waals surface area (Å²) in [4.78, 5) is 13.5. The number of aromatic carboxylic acids is 1. The normalized spacial score (nSPS) is 10.8. The molecule has 0 aliphatic carbocycles. The molecule has 0 aliphatic heterocycles. The minimum atomic E-state index is -2.57. The summed E-state index contributed by atoms with van der Waals surface area (Å²) >= 11 is 0. The van der Waals surface area contributed by atoms with Crippen LogP contribution in [0.3, 0.4) is 0 Å². The summed E-state index contributed by atoms with van der Waals surface area (Å²) in [6.45, 7) is 0. The Hall–Kier alpha value is -2.17. The van der Waals surface area contributed by atoms with Crippen LogP contribution in [0.5, 0.6) is 0 Å². The molecule has 0 bridgehead atoms. The van der Waals surface area contributed by atoms with Crippen LogP contribution in [0.4, 0.5) is 8.78 Å². The number of alkyl halides is 2. The largest absolute Gasteiger partial charge is 0.477 e. The van der Waals surface area contributed by atoms with Gasteiger partial charge in [0.15, 0.2) is 0 Å². The highest BCUT2D eigenvalue weighted by atomic mass is 19.3. The highest BCUT2D eigenvalue weighted by molar-refractivity contribution is 5.94. The topological polar surface area (TPSA) is 53.1 Å². The van der Waals surface area contributed by atoms with Crippen molar-refractivity contribution in [3.63, 3.8) is 0 Å². The number of rotatable bonds is 3. The Morgan fingerprint density at radius 1 is 1.29 bits per heavy atom. The molecule has 88 valence electrons. The summed E-state index contributed by atoms with van der Waals surface area (Å²) in [5.41, 5.74) is 0.734. The molecule has 2 N–H and O–H groups in total. The van der Waals surface area contributed by atoms with Gasteiger partial charge in [-0.05, 0) is 17.7 Å². The number of aromatic nitrogens is 1. The zero-order chi connectivity index (χ0) is 12.4. The molecule has 0 saturated heterocycles. The van der Waals surface area contributed by atoms with Crippen LogP contribution >= 0.6 is 0 Å². The van der Waals surface area contributed by atoms with Gasteiger partial charge in [0, 0.05) is 17.3 Å². The maximum Gasteiger partial charge on any atom is 0.352 e. The Balaban J connectivity index is 2.49. The number of halogens is 2. The molecule has 5 heteroatoms. The number of hydrogen-bond donors (Lipinski definition) is 2. The molecule has 1 aromatic carbocycles. The summed E-state index contributed by atoms with van der Waals surface area (Å²) in [5.74, 6) is -1.12. The van der Waals surface area contributed by atoms with Crippen LogP contribution < -0.4 is 0 Å². The monoisotopic (exact) mass is 237 g/mol. The van der Waals surface area contributed by atoms with Gasteiger partial charge in [0.25, 0.3) is 6.43 Å². The minimum Gasteiger partial charge on any atom is -0.477 e. The van der Waals surface area contributed by atoms with Crippen molar-refractivity contribution in [3.8, 4) is 11.1 Å². The van der Waals surface area contributed by atoms with Gasteiger partial charge in [-0.2, -0.15) is 0 Å². The van der Waals surface area contributed by atoms with Crippen molar-refractivity contribution in [1.82, 2.24) is 4.98 Å². The fourth-order valence-electron chi connectivity index (χ4n) is 1.63. The molecule has 0 amide bonds. The predicted octanol–water partition coefficient (Wildman–Crippen LogP) is 3.32. The first-order valence-corrected chi connectivity index (χ1v) is 4.88. The number of H-pyrrole nitrogens is 1. The van der Waals surface area contributed by atoms with E-state index < -0.39 is 12.4 Å². The van der Waals surface area contributed by atoms with Crippen LogP contribution in [0.1, 0.15) is 22.5 Å². The van der Waals surface area contributed by atoms with E-state index in [1.807, 2.05) is 0 Å². The predicted molar refractivity (Wildman–Crippen MR) is 58.1 cm³/mol. The van der Waals surface area contributed by atoms with Gasteiger partial charge in [-0.3, -0.25) is 0 Å². The third-order valence-corrected chi connectivity index (χ3v) is 2.41. The van der Waals surface area contributed by atoms with E-state index in [0.717, 1.165) is 0 Å². The van der Waals surface area contributed by atoms with Gasteiger partial charge < -0.3 is 10.1 Å². The van der Waals surface area contributed by atoms with Gasteiger partial charge in [0.2, 0.25) is 0 Å². The van der Waals surface area contributed by atoms with E-state index in [0.29, 0.717) is 11.1 Å². The summed E-state index contributed by atoms with van der Waals surface area (Å²) < 4.78 is 25.0. The molecular weight excluding hydrogens is 228 g/mol. The smallest absolute Gasteiger partial charge is 0.352 e. The molecule has 0 saturated carbocycles. The standard InChI is InChI=1S/C12H9F2NO2/c13-11(14)8-3-1-2-7(6-8)9-4-5-15-10(9)12(16)17/h1-6,11,15H,(H,16,17). The van der Waals surface area contributed by atoms with Crippen LogP contribution in [-0.4, -0.2) is 16.1 Å². The van der Waals surface area contributed by atoms with Crippen LogP contribution in [0.25, 0.3) is 11.1 Å². The van der Waals surface area contributed by atoms with Crippen molar-refractivity contribution in [3.05, 3.63) is 47.8 Å². The lowest BCUT2D eigenvalue weighted by atomic mass is 10.0. The Labute approximate surface area is 95.7 Å². The second kappa shape index (κ2) is 4.37. The summed E-state index contributed by atoms with van der Waals surface area (Å²) in [7, 11) is 0. The lowest BCUT2D eigenvalue weighted by molar-refractivity contribution is 0.0692. The Morgan fingerprint density at radius 3 is 2.71 bits per heavy atom. The highest BCUT2D eigenvalue weighted by Gasteiger charge is 2.14. The zero-order valence-electron chi connectivity index (χ0n) is 8.65. The average Bonchev–Trinajstić information content (AvgIpc) is 2.78. The van der Waals surface area contributed by atoms with Crippen molar-refractivity contribution in [2.75, 3.05) is 0 Å². The number of carbonyl (C=O) groups is 1. The number of carboxylic acid groups (broad SMARTS) is 1. The summed E-state index contributed by atoms with van der Waals surface area (Å²) in [5, 5.41) is 8.91. The quantitative estimate of drug-likeness (QED) is 0.860. The van der Waals surface area contributed by atoms with Gasteiger partial charge in [-0.1, -0.05) is 18.2 Å².